The molecule has 0 unspecified atom stereocenters. The van der Waals surface area contributed by atoms with Gasteiger partial charge in [-0.25, -0.2) is 12.7 Å². The van der Waals surface area contributed by atoms with Gasteiger partial charge in [0.25, 0.3) is 5.91 Å². The van der Waals surface area contributed by atoms with Gasteiger partial charge in [-0.15, -0.1) is 0 Å². The van der Waals surface area contributed by atoms with Gasteiger partial charge in [-0.05, 0) is 49.2 Å². The Kier molecular flexibility index (Phi) is 4.19. The maximum Gasteiger partial charge on any atom is 0.258 e. The number of rotatable bonds is 3. The van der Waals surface area contributed by atoms with Gasteiger partial charge in [0.15, 0.2) is 0 Å². The molecular weight excluding hydrogens is 324 g/mol. The molecule has 0 spiro atoms. The lowest BCUT2D eigenvalue weighted by Crippen LogP contribution is -2.35. The number of hydrogen-bond donors (Lipinski definition) is 0. The molecule has 6 heteroatoms. The largest absolute Gasteiger partial charge is 0.305 e. The second-order valence-corrected chi connectivity index (χ2v) is 8.32. The number of benzene rings is 2. The van der Waals surface area contributed by atoms with Gasteiger partial charge in [0.05, 0.1) is 4.90 Å². The lowest BCUT2D eigenvalue weighted by molar-refractivity contribution is 0.0981. The number of sulfonamides is 1. The number of anilines is 1. The predicted molar refractivity (Wildman–Crippen MR) is 93.7 cm³/mol. The minimum Gasteiger partial charge on any atom is -0.305 e. The second-order valence-electron chi connectivity index (χ2n) is 6.17. The fraction of sp³-hybridized carbons (Fsp3) is 0.278. The van der Waals surface area contributed by atoms with E-state index in [4.69, 9.17) is 0 Å². The van der Waals surface area contributed by atoms with Gasteiger partial charge in [-0.2, -0.15) is 0 Å². The molecule has 0 saturated carbocycles. The van der Waals surface area contributed by atoms with Crippen molar-refractivity contribution in [3.8, 4) is 0 Å². The summed E-state index contributed by atoms with van der Waals surface area (Å²) in [4.78, 5) is 14.8. The molecule has 1 aliphatic rings. The summed E-state index contributed by atoms with van der Waals surface area (Å²) in [5, 5.41) is 0. The summed E-state index contributed by atoms with van der Waals surface area (Å²) in [5.74, 6) is -0.110. The topological polar surface area (TPSA) is 57.7 Å². The van der Waals surface area contributed by atoms with E-state index in [-0.39, 0.29) is 16.8 Å². The van der Waals surface area contributed by atoms with Crippen molar-refractivity contribution >= 4 is 21.6 Å². The van der Waals surface area contributed by atoms with Crippen LogP contribution < -0.4 is 4.90 Å². The molecule has 126 valence electrons. The van der Waals surface area contributed by atoms with Crippen LogP contribution in [0.25, 0.3) is 0 Å². The summed E-state index contributed by atoms with van der Waals surface area (Å²) in [6, 6.07) is 14.1. The van der Waals surface area contributed by atoms with Crippen molar-refractivity contribution in [2.45, 2.75) is 24.3 Å². The summed E-state index contributed by atoms with van der Waals surface area (Å²) in [7, 11) is -0.523. The van der Waals surface area contributed by atoms with Crippen LogP contribution in [0.1, 0.15) is 22.8 Å². The highest BCUT2D eigenvalue weighted by Crippen LogP contribution is 2.33. The van der Waals surface area contributed by atoms with Crippen molar-refractivity contribution in [2.24, 2.45) is 0 Å². The van der Waals surface area contributed by atoms with Gasteiger partial charge in [0.1, 0.15) is 0 Å². The average molecular weight is 344 g/mol. The maximum absolute atomic E-state index is 12.9. The molecule has 5 nitrogen and oxygen atoms in total. The van der Waals surface area contributed by atoms with Crippen LogP contribution in [0.5, 0.6) is 0 Å². The summed E-state index contributed by atoms with van der Waals surface area (Å²) in [6.07, 6.45) is 0.828. The molecule has 0 bridgehead atoms. The first-order valence-corrected chi connectivity index (χ1v) is 9.20. The van der Waals surface area contributed by atoms with E-state index < -0.39 is 10.0 Å². The van der Waals surface area contributed by atoms with Crippen LogP contribution >= 0.6 is 0 Å². The first-order chi connectivity index (χ1) is 11.3. The molecular formula is C18H20N2O3S. The zero-order chi connectivity index (χ0) is 17.5. The summed E-state index contributed by atoms with van der Waals surface area (Å²) in [6.45, 7) is 2.02. The SMILES string of the molecule is C[C@@H]1Cc2ccccc2N1C(=O)c1ccc(S(=O)(=O)N(C)C)cc1. The zero-order valence-corrected chi connectivity index (χ0v) is 14.7. The Morgan fingerprint density at radius 3 is 2.33 bits per heavy atom. The normalized spacial score (nSPS) is 17.2. The highest BCUT2D eigenvalue weighted by Gasteiger charge is 2.31. The van der Waals surface area contributed by atoms with E-state index in [0.717, 1.165) is 22.0 Å². The fourth-order valence-electron chi connectivity index (χ4n) is 2.99. The Hall–Kier alpha value is -2.18. The Labute approximate surface area is 142 Å². The van der Waals surface area contributed by atoms with E-state index >= 15 is 0 Å². The highest BCUT2D eigenvalue weighted by atomic mass is 32.2. The number of carbonyl (C=O) groups is 1. The van der Waals surface area contributed by atoms with Crippen molar-refractivity contribution in [1.29, 1.82) is 0 Å². The van der Waals surface area contributed by atoms with E-state index in [2.05, 4.69) is 0 Å². The molecule has 0 saturated heterocycles. The van der Waals surface area contributed by atoms with Crippen LogP contribution in [0, 0.1) is 0 Å². The minimum atomic E-state index is -3.49. The fourth-order valence-corrected chi connectivity index (χ4v) is 3.90. The standard InChI is InChI=1S/C18H20N2O3S/c1-13-12-15-6-4-5-7-17(15)20(13)18(21)14-8-10-16(11-9-14)24(22,23)19(2)3/h4-11,13H,12H2,1-3H3/t13-/m1/s1. The highest BCUT2D eigenvalue weighted by molar-refractivity contribution is 7.89. The van der Waals surface area contributed by atoms with E-state index in [0.29, 0.717) is 5.56 Å². The van der Waals surface area contributed by atoms with Crippen LogP contribution in [0.2, 0.25) is 0 Å². The lowest BCUT2D eigenvalue weighted by Gasteiger charge is -2.23. The van der Waals surface area contributed by atoms with E-state index in [9.17, 15) is 13.2 Å². The molecule has 2 aromatic carbocycles. The quantitative estimate of drug-likeness (QED) is 0.860. The zero-order valence-electron chi connectivity index (χ0n) is 13.9. The number of fused-ring (bicyclic) bond motifs is 1. The van der Waals surface area contributed by atoms with Crippen molar-refractivity contribution in [3.63, 3.8) is 0 Å². The lowest BCUT2D eigenvalue weighted by atomic mass is 10.1. The molecule has 0 aliphatic carbocycles. The van der Waals surface area contributed by atoms with Crippen LogP contribution in [0.15, 0.2) is 53.4 Å². The molecule has 24 heavy (non-hydrogen) atoms. The molecule has 1 amide bonds. The van der Waals surface area contributed by atoms with E-state index in [1.807, 2.05) is 31.2 Å². The molecule has 1 aliphatic heterocycles. The minimum absolute atomic E-state index is 0.0834. The molecule has 2 aromatic rings. The maximum atomic E-state index is 12.9. The van der Waals surface area contributed by atoms with E-state index in [1.54, 1.807) is 17.0 Å². The summed E-state index contributed by atoms with van der Waals surface area (Å²) >= 11 is 0. The third-order valence-electron chi connectivity index (χ3n) is 4.31. The Morgan fingerprint density at radius 2 is 1.71 bits per heavy atom. The van der Waals surface area contributed by atoms with Crippen molar-refractivity contribution in [2.75, 3.05) is 19.0 Å². The number of carbonyl (C=O) groups excluding carboxylic acids is 1. The summed E-state index contributed by atoms with van der Waals surface area (Å²) in [5.41, 5.74) is 2.57. The monoisotopic (exact) mass is 344 g/mol. The molecule has 0 aromatic heterocycles. The Morgan fingerprint density at radius 1 is 1.08 bits per heavy atom. The van der Waals surface area contributed by atoms with Crippen molar-refractivity contribution in [1.82, 2.24) is 4.31 Å². The van der Waals surface area contributed by atoms with Crippen molar-refractivity contribution in [3.05, 3.63) is 59.7 Å². The van der Waals surface area contributed by atoms with Crippen LogP contribution in [0.4, 0.5) is 5.69 Å². The number of nitrogens with zero attached hydrogens (tertiary/aromatic N) is 2. The van der Waals surface area contributed by atoms with Crippen LogP contribution in [0.3, 0.4) is 0 Å². The molecule has 3 rings (SSSR count). The van der Waals surface area contributed by atoms with Crippen LogP contribution in [-0.4, -0.2) is 38.8 Å². The number of hydrogen-bond acceptors (Lipinski definition) is 3. The molecule has 1 atom stereocenters. The molecule has 0 radical (unpaired) electrons. The smallest absolute Gasteiger partial charge is 0.258 e. The van der Waals surface area contributed by atoms with Gasteiger partial charge >= 0.3 is 0 Å². The van der Waals surface area contributed by atoms with Crippen LogP contribution in [-0.2, 0) is 16.4 Å². The first kappa shape index (κ1) is 16.7. The molecule has 1 heterocycles. The Bertz CT molecular complexity index is 873. The Balaban J connectivity index is 1.92. The first-order valence-electron chi connectivity index (χ1n) is 7.76. The van der Waals surface area contributed by atoms with Crippen molar-refractivity contribution < 1.29 is 13.2 Å². The van der Waals surface area contributed by atoms with Gasteiger partial charge in [0, 0.05) is 31.4 Å². The van der Waals surface area contributed by atoms with Gasteiger partial charge in [-0.1, -0.05) is 18.2 Å². The number of para-hydroxylation sites is 1. The predicted octanol–water partition coefficient (Wildman–Crippen LogP) is 2.53. The van der Waals surface area contributed by atoms with Gasteiger partial charge in [-0.3, -0.25) is 4.79 Å². The number of amides is 1. The van der Waals surface area contributed by atoms with E-state index in [1.165, 1.54) is 26.2 Å². The molecule has 0 N–H and O–H groups in total. The average Bonchev–Trinajstić information content (AvgIpc) is 2.90. The molecule has 0 fully saturated rings. The van der Waals surface area contributed by atoms with Gasteiger partial charge in [0.2, 0.25) is 10.0 Å². The summed E-state index contributed by atoms with van der Waals surface area (Å²) < 4.78 is 25.4. The van der Waals surface area contributed by atoms with Gasteiger partial charge < -0.3 is 4.90 Å². The third-order valence-corrected chi connectivity index (χ3v) is 6.14. The second kappa shape index (κ2) is 6.03. The third kappa shape index (κ3) is 2.72.